The molecule has 0 bridgehead atoms. The Kier molecular flexibility index (Phi) is 4.43. The number of ketones is 1. The zero-order valence-electron chi connectivity index (χ0n) is 11.8. The smallest absolute Gasteiger partial charge is 0.254 e. The van der Waals surface area contributed by atoms with Gasteiger partial charge >= 0.3 is 0 Å². The third-order valence-electron chi connectivity index (χ3n) is 3.66. The molecule has 0 aromatic heterocycles. The van der Waals surface area contributed by atoms with Crippen molar-refractivity contribution in [1.29, 1.82) is 0 Å². The van der Waals surface area contributed by atoms with Crippen LogP contribution in [0.25, 0.3) is 0 Å². The molecular weight excluding hydrogens is 292 g/mol. The topological polar surface area (TPSA) is 97.5 Å². The van der Waals surface area contributed by atoms with Crippen molar-refractivity contribution in [2.24, 2.45) is 5.14 Å². The van der Waals surface area contributed by atoms with Gasteiger partial charge in [-0.2, -0.15) is 0 Å². The number of amides is 1. The number of Topliss-reactive ketones (excluding diaryl/α,β-unsaturated/α-hetero) is 1. The van der Waals surface area contributed by atoms with Gasteiger partial charge in [0.1, 0.15) is 0 Å². The van der Waals surface area contributed by atoms with Gasteiger partial charge in [-0.3, -0.25) is 9.59 Å². The van der Waals surface area contributed by atoms with Crippen LogP contribution in [0.1, 0.15) is 36.5 Å². The summed E-state index contributed by atoms with van der Waals surface area (Å²) in [6.07, 6.45) is 1.89. The Morgan fingerprint density at radius 1 is 1.29 bits per heavy atom. The molecule has 1 atom stereocenters. The summed E-state index contributed by atoms with van der Waals surface area (Å²) in [5, 5.41) is 5.02. The molecule has 1 aliphatic heterocycles. The van der Waals surface area contributed by atoms with Crippen molar-refractivity contribution in [2.75, 3.05) is 6.54 Å². The number of primary sulfonamides is 1. The third-order valence-corrected chi connectivity index (χ3v) is 4.59. The fourth-order valence-corrected chi connectivity index (χ4v) is 3.05. The summed E-state index contributed by atoms with van der Waals surface area (Å²) in [7, 11) is -3.77. The van der Waals surface area contributed by atoms with Crippen molar-refractivity contribution in [3.63, 3.8) is 0 Å². The molecule has 0 unspecified atom stereocenters. The van der Waals surface area contributed by atoms with Gasteiger partial charge in [-0.15, -0.1) is 0 Å². The molecule has 2 rings (SSSR count). The number of carbonyl (C=O) groups excluding carboxylic acids is 2. The normalized spacial score (nSPS) is 18.8. The van der Waals surface area contributed by atoms with E-state index in [1.807, 2.05) is 0 Å². The summed E-state index contributed by atoms with van der Waals surface area (Å²) in [4.78, 5) is 25.8. The van der Waals surface area contributed by atoms with E-state index in [9.17, 15) is 18.0 Å². The van der Waals surface area contributed by atoms with Crippen LogP contribution in [0.5, 0.6) is 0 Å². The van der Waals surface area contributed by atoms with Crippen LogP contribution < -0.4 is 5.14 Å². The Morgan fingerprint density at radius 2 is 1.90 bits per heavy atom. The first-order valence-electron chi connectivity index (χ1n) is 6.81. The Balaban J connectivity index is 2.22. The van der Waals surface area contributed by atoms with Crippen LogP contribution in [0, 0.1) is 0 Å². The molecule has 2 N–H and O–H groups in total. The highest BCUT2D eigenvalue weighted by Crippen LogP contribution is 2.22. The van der Waals surface area contributed by atoms with Crippen LogP contribution in [0.4, 0.5) is 0 Å². The predicted octanol–water partition coefficient (Wildman–Crippen LogP) is 0.918. The minimum Gasteiger partial charge on any atom is -0.329 e. The van der Waals surface area contributed by atoms with Crippen molar-refractivity contribution < 1.29 is 18.0 Å². The first kappa shape index (κ1) is 15.7. The second-order valence-corrected chi connectivity index (χ2v) is 6.61. The molecular formula is C14H18N2O4S. The zero-order valence-corrected chi connectivity index (χ0v) is 12.6. The summed E-state index contributed by atoms with van der Waals surface area (Å²) < 4.78 is 22.4. The van der Waals surface area contributed by atoms with Crippen molar-refractivity contribution >= 4 is 21.7 Å². The van der Waals surface area contributed by atoms with Crippen LogP contribution in [-0.4, -0.2) is 37.6 Å². The Morgan fingerprint density at radius 3 is 2.43 bits per heavy atom. The highest BCUT2D eigenvalue weighted by molar-refractivity contribution is 7.89. The number of rotatable bonds is 4. The molecule has 1 aromatic rings. The third kappa shape index (κ3) is 3.30. The van der Waals surface area contributed by atoms with E-state index in [0.29, 0.717) is 24.9 Å². The Hall–Kier alpha value is -1.73. The highest BCUT2D eigenvalue weighted by Gasteiger charge is 2.33. The maximum Gasteiger partial charge on any atom is 0.254 e. The molecule has 1 heterocycles. The van der Waals surface area contributed by atoms with E-state index in [-0.39, 0.29) is 22.6 Å². The summed E-state index contributed by atoms with van der Waals surface area (Å²) in [5.41, 5.74) is 0.359. The molecule has 1 aromatic carbocycles. The quantitative estimate of drug-likeness (QED) is 0.894. The maximum atomic E-state index is 12.4. The molecule has 21 heavy (non-hydrogen) atoms. The van der Waals surface area contributed by atoms with Gasteiger partial charge in [0, 0.05) is 18.5 Å². The lowest BCUT2D eigenvalue weighted by Gasteiger charge is -2.23. The van der Waals surface area contributed by atoms with Crippen LogP contribution in [0.2, 0.25) is 0 Å². The summed E-state index contributed by atoms with van der Waals surface area (Å²) in [6, 6.07) is 5.09. The largest absolute Gasteiger partial charge is 0.329 e. The van der Waals surface area contributed by atoms with Gasteiger partial charge in [0.2, 0.25) is 10.0 Å². The fourth-order valence-electron chi connectivity index (χ4n) is 2.53. The maximum absolute atomic E-state index is 12.4. The number of benzene rings is 1. The molecule has 0 saturated carbocycles. The number of carbonyl (C=O) groups is 2. The van der Waals surface area contributed by atoms with E-state index < -0.39 is 10.0 Å². The minimum atomic E-state index is -3.77. The Bertz CT molecular complexity index is 652. The summed E-state index contributed by atoms with van der Waals surface area (Å²) in [5.74, 6) is -0.192. The molecule has 1 aliphatic rings. The number of nitrogens with two attached hydrogens (primary N) is 1. The van der Waals surface area contributed by atoms with Gasteiger partial charge in [0.15, 0.2) is 5.78 Å². The molecule has 1 saturated heterocycles. The lowest BCUT2D eigenvalue weighted by Crippen LogP contribution is -2.40. The molecule has 0 spiro atoms. The first-order chi connectivity index (χ1) is 9.84. The summed E-state index contributed by atoms with van der Waals surface area (Å²) in [6.45, 7) is 2.33. The molecule has 7 heteroatoms. The molecule has 1 amide bonds. The molecule has 0 radical (unpaired) electrons. The van der Waals surface area contributed by atoms with E-state index in [0.717, 1.165) is 6.42 Å². The number of nitrogens with zero attached hydrogens (tertiary/aromatic N) is 1. The van der Waals surface area contributed by atoms with Crippen LogP contribution in [0.15, 0.2) is 29.2 Å². The number of hydrogen-bond donors (Lipinski definition) is 1. The molecule has 1 fully saturated rings. The molecule has 6 nitrogen and oxygen atoms in total. The lowest BCUT2D eigenvalue weighted by atomic mass is 10.1. The van der Waals surface area contributed by atoms with Gasteiger partial charge in [0.05, 0.1) is 10.9 Å². The average Bonchev–Trinajstić information content (AvgIpc) is 2.94. The van der Waals surface area contributed by atoms with Gasteiger partial charge in [-0.05, 0) is 37.1 Å². The average molecular weight is 310 g/mol. The fraction of sp³-hybridized carbons (Fsp3) is 0.429. The lowest BCUT2D eigenvalue weighted by molar-refractivity contribution is -0.122. The first-order valence-corrected chi connectivity index (χ1v) is 8.35. The van der Waals surface area contributed by atoms with Crippen molar-refractivity contribution in [3.8, 4) is 0 Å². The van der Waals surface area contributed by atoms with Crippen molar-refractivity contribution in [2.45, 2.75) is 37.1 Å². The monoisotopic (exact) mass is 310 g/mol. The number of hydrogen-bond acceptors (Lipinski definition) is 4. The van der Waals surface area contributed by atoms with Gasteiger partial charge < -0.3 is 4.90 Å². The standard InChI is InChI=1S/C14H18N2O4S/c1-2-13(17)12-4-3-9-16(12)14(18)10-5-7-11(8-6-10)21(15,19)20/h5-8,12H,2-4,9H2,1H3,(H2,15,19,20)/t12-/m1/s1. The SMILES string of the molecule is CCC(=O)[C@H]1CCCN1C(=O)c1ccc(S(N)(=O)=O)cc1. The van der Waals surface area contributed by atoms with Crippen molar-refractivity contribution in [3.05, 3.63) is 29.8 Å². The van der Waals surface area contributed by atoms with Crippen LogP contribution in [0.3, 0.4) is 0 Å². The predicted molar refractivity (Wildman–Crippen MR) is 77.2 cm³/mol. The van der Waals surface area contributed by atoms with E-state index in [4.69, 9.17) is 5.14 Å². The van der Waals surface area contributed by atoms with Gasteiger partial charge in [-0.25, -0.2) is 13.6 Å². The van der Waals surface area contributed by atoms with E-state index in [1.54, 1.807) is 11.8 Å². The van der Waals surface area contributed by atoms with Gasteiger partial charge in [-0.1, -0.05) is 6.92 Å². The van der Waals surface area contributed by atoms with Crippen LogP contribution >= 0.6 is 0 Å². The van der Waals surface area contributed by atoms with Crippen molar-refractivity contribution in [1.82, 2.24) is 4.90 Å². The van der Waals surface area contributed by atoms with Gasteiger partial charge in [0.25, 0.3) is 5.91 Å². The highest BCUT2D eigenvalue weighted by atomic mass is 32.2. The molecule has 114 valence electrons. The van der Waals surface area contributed by atoms with Crippen LogP contribution in [-0.2, 0) is 14.8 Å². The number of likely N-dealkylation sites (tertiary alicyclic amines) is 1. The van der Waals surface area contributed by atoms with E-state index >= 15 is 0 Å². The minimum absolute atomic E-state index is 0.0401. The zero-order chi connectivity index (χ0) is 15.6. The second kappa shape index (κ2) is 5.95. The summed E-state index contributed by atoms with van der Waals surface area (Å²) >= 11 is 0. The number of sulfonamides is 1. The van der Waals surface area contributed by atoms with E-state index in [1.165, 1.54) is 24.3 Å². The second-order valence-electron chi connectivity index (χ2n) is 5.05. The van der Waals surface area contributed by atoms with E-state index in [2.05, 4.69) is 0 Å². The molecule has 0 aliphatic carbocycles. The Labute approximate surface area is 124 Å².